The standard InChI is InChI=1S/C16H10Cl3N3S/c17-12-6-11(15(19)13(18)7-12)8-20-22-16-21-14(9-23-16)10-4-2-1-3-5-10/h1-9H,(H,21,22). The molecule has 1 N–H and O–H groups in total. The second-order valence-corrected chi connectivity index (χ2v) is 6.64. The lowest BCUT2D eigenvalue weighted by atomic mass is 10.2. The Bertz CT molecular complexity index is 847. The van der Waals surface area contributed by atoms with Crippen LogP contribution < -0.4 is 5.43 Å². The molecule has 0 aliphatic carbocycles. The van der Waals surface area contributed by atoms with Gasteiger partial charge in [-0.25, -0.2) is 4.98 Å². The number of halogens is 3. The van der Waals surface area contributed by atoms with Crippen LogP contribution in [-0.2, 0) is 0 Å². The molecule has 0 aliphatic heterocycles. The zero-order valence-electron chi connectivity index (χ0n) is 11.6. The van der Waals surface area contributed by atoms with Gasteiger partial charge in [-0.05, 0) is 12.1 Å². The van der Waals surface area contributed by atoms with Crippen LogP contribution in [0.25, 0.3) is 11.3 Å². The van der Waals surface area contributed by atoms with Crippen molar-refractivity contribution >= 4 is 57.5 Å². The second-order valence-electron chi connectivity index (χ2n) is 4.56. The van der Waals surface area contributed by atoms with Crippen molar-refractivity contribution in [2.24, 2.45) is 5.10 Å². The lowest BCUT2D eigenvalue weighted by molar-refractivity contribution is 1.29. The molecule has 0 spiro atoms. The van der Waals surface area contributed by atoms with Crippen LogP contribution in [-0.4, -0.2) is 11.2 Å². The fraction of sp³-hybridized carbons (Fsp3) is 0. The molecule has 0 atom stereocenters. The third kappa shape index (κ3) is 4.03. The number of nitrogens with zero attached hydrogens (tertiary/aromatic N) is 2. The van der Waals surface area contributed by atoms with Gasteiger partial charge >= 0.3 is 0 Å². The Morgan fingerprint density at radius 1 is 1.09 bits per heavy atom. The van der Waals surface area contributed by atoms with Gasteiger partial charge in [0.1, 0.15) is 0 Å². The van der Waals surface area contributed by atoms with Gasteiger partial charge in [0.15, 0.2) is 0 Å². The first-order valence-electron chi connectivity index (χ1n) is 6.58. The summed E-state index contributed by atoms with van der Waals surface area (Å²) >= 11 is 19.5. The normalized spacial score (nSPS) is 11.1. The van der Waals surface area contributed by atoms with Gasteiger partial charge < -0.3 is 0 Å². The molecule has 2 aromatic carbocycles. The Balaban J connectivity index is 1.73. The molecule has 0 aliphatic rings. The molecular weight excluding hydrogens is 373 g/mol. The molecule has 0 saturated heterocycles. The van der Waals surface area contributed by atoms with Crippen LogP contribution in [0.15, 0.2) is 52.9 Å². The van der Waals surface area contributed by atoms with E-state index in [4.69, 9.17) is 34.8 Å². The van der Waals surface area contributed by atoms with Gasteiger partial charge in [0.25, 0.3) is 0 Å². The topological polar surface area (TPSA) is 37.3 Å². The van der Waals surface area contributed by atoms with Crippen molar-refractivity contribution in [3.63, 3.8) is 0 Å². The summed E-state index contributed by atoms with van der Waals surface area (Å²) < 4.78 is 0. The maximum absolute atomic E-state index is 6.11. The predicted octanol–water partition coefficient (Wildman–Crippen LogP) is 6.22. The fourth-order valence-corrected chi connectivity index (χ4v) is 3.23. The van der Waals surface area contributed by atoms with Gasteiger partial charge in [-0.15, -0.1) is 11.3 Å². The van der Waals surface area contributed by atoms with Crippen molar-refractivity contribution in [1.82, 2.24) is 4.98 Å². The van der Waals surface area contributed by atoms with Crippen LogP contribution in [0.5, 0.6) is 0 Å². The Morgan fingerprint density at radius 3 is 2.65 bits per heavy atom. The minimum absolute atomic E-state index is 0.390. The molecule has 23 heavy (non-hydrogen) atoms. The van der Waals surface area contributed by atoms with E-state index in [0.717, 1.165) is 11.3 Å². The highest BCUT2D eigenvalue weighted by atomic mass is 35.5. The summed E-state index contributed by atoms with van der Waals surface area (Å²) in [5, 5.41) is 8.09. The van der Waals surface area contributed by atoms with E-state index < -0.39 is 0 Å². The molecule has 0 saturated carbocycles. The molecule has 3 aromatic rings. The number of rotatable bonds is 4. The quantitative estimate of drug-likeness (QED) is 0.330. The first kappa shape index (κ1) is 16.3. The molecular formula is C16H10Cl3N3S. The highest BCUT2D eigenvalue weighted by Gasteiger charge is 2.06. The van der Waals surface area contributed by atoms with Crippen LogP contribution >= 0.6 is 46.1 Å². The fourth-order valence-electron chi connectivity index (χ4n) is 1.89. The average Bonchev–Trinajstić information content (AvgIpc) is 3.02. The number of thiazole rings is 1. The zero-order valence-corrected chi connectivity index (χ0v) is 14.7. The first-order chi connectivity index (χ1) is 11.1. The highest BCUT2D eigenvalue weighted by molar-refractivity contribution is 7.14. The van der Waals surface area contributed by atoms with Crippen LogP contribution in [0.1, 0.15) is 5.56 Å². The molecule has 1 aromatic heterocycles. The van der Waals surface area contributed by atoms with Gasteiger partial charge in [0.05, 0.1) is 22.0 Å². The van der Waals surface area contributed by atoms with Crippen molar-refractivity contribution < 1.29 is 0 Å². The smallest absolute Gasteiger partial charge is 0.203 e. The van der Waals surface area contributed by atoms with Crippen molar-refractivity contribution in [1.29, 1.82) is 0 Å². The minimum Gasteiger partial charge on any atom is -0.253 e. The number of hydrazone groups is 1. The van der Waals surface area contributed by atoms with Crippen LogP contribution in [0.2, 0.25) is 15.1 Å². The molecule has 0 fully saturated rings. The molecule has 3 nitrogen and oxygen atoms in total. The van der Waals surface area contributed by atoms with E-state index in [1.54, 1.807) is 18.3 Å². The van der Waals surface area contributed by atoms with Gasteiger partial charge in [-0.2, -0.15) is 5.10 Å². The number of hydrogen-bond donors (Lipinski definition) is 1. The van der Waals surface area contributed by atoms with E-state index in [9.17, 15) is 0 Å². The predicted molar refractivity (Wildman–Crippen MR) is 100 cm³/mol. The van der Waals surface area contributed by atoms with E-state index in [1.807, 2.05) is 35.7 Å². The summed E-state index contributed by atoms with van der Waals surface area (Å²) in [5.41, 5.74) is 5.48. The summed E-state index contributed by atoms with van der Waals surface area (Å²) in [5.74, 6) is 0. The van der Waals surface area contributed by atoms with Crippen LogP contribution in [0.4, 0.5) is 5.13 Å². The summed E-state index contributed by atoms with van der Waals surface area (Å²) in [7, 11) is 0. The summed E-state index contributed by atoms with van der Waals surface area (Å²) in [4.78, 5) is 4.48. The van der Waals surface area contributed by atoms with Gasteiger partial charge in [-0.3, -0.25) is 5.43 Å². The van der Waals surface area contributed by atoms with E-state index in [-0.39, 0.29) is 0 Å². The van der Waals surface area contributed by atoms with Gasteiger partial charge in [0.2, 0.25) is 5.13 Å². The number of anilines is 1. The van der Waals surface area contributed by atoms with Gasteiger partial charge in [-0.1, -0.05) is 65.1 Å². The van der Waals surface area contributed by atoms with E-state index >= 15 is 0 Å². The van der Waals surface area contributed by atoms with E-state index in [0.29, 0.717) is 25.8 Å². The van der Waals surface area contributed by atoms with Gasteiger partial charge in [0, 0.05) is 21.5 Å². The number of benzene rings is 2. The average molecular weight is 383 g/mol. The maximum atomic E-state index is 6.11. The van der Waals surface area contributed by atoms with Crippen molar-refractivity contribution in [3.8, 4) is 11.3 Å². The SMILES string of the molecule is Clc1cc(Cl)c(Cl)c(C=NNc2nc(-c3ccccc3)cs2)c1. The number of aromatic nitrogens is 1. The molecule has 0 unspecified atom stereocenters. The molecule has 7 heteroatoms. The third-order valence-electron chi connectivity index (χ3n) is 2.96. The first-order valence-corrected chi connectivity index (χ1v) is 8.59. The van der Waals surface area contributed by atoms with Crippen LogP contribution in [0.3, 0.4) is 0 Å². The summed E-state index contributed by atoms with van der Waals surface area (Å²) in [6, 6.07) is 13.2. The Hall–Kier alpha value is -1.59. The minimum atomic E-state index is 0.390. The van der Waals surface area contributed by atoms with Crippen molar-refractivity contribution in [2.75, 3.05) is 5.43 Å². The molecule has 116 valence electrons. The largest absolute Gasteiger partial charge is 0.253 e. The second kappa shape index (κ2) is 7.32. The Morgan fingerprint density at radius 2 is 1.87 bits per heavy atom. The molecule has 0 bridgehead atoms. The molecule has 0 amide bonds. The third-order valence-corrected chi connectivity index (χ3v) is 4.74. The lowest BCUT2D eigenvalue weighted by Crippen LogP contribution is -1.91. The summed E-state index contributed by atoms with van der Waals surface area (Å²) in [6.45, 7) is 0. The Labute approximate surface area is 152 Å². The van der Waals surface area contributed by atoms with E-state index in [1.165, 1.54) is 11.3 Å². The number of hydrogen-bond acceptors (Lipinski definition) is 4. The number of nitrogens with one attached hydrogen (secondary N) is 1. The highest BCUT2D eigenvalue weighted by Crippen LogP contribution is 2.29. The maximum Gasteiger partial charge on any atom is 0.203 e. The molecule has 0 radical (unpaired) electrons. The molecule has 1 heterocycles. The van der Waals surface area contributed by atoms with Crippen molar-refractivity contribution in [3.05, 3.63) is 68.5 Å². The Kier molecular flexibility index (Phi) is 5.18. The van der Waals surface area contributed by atoms with E-state index in [2.05, 4.69) is 15.5 Å². The monoisotopic (exact) mass is 381 g/mol. The zero-order chi connectivity index (χ0) is 16.2. The lowest BCUT2D eigenvalue weighted by Gasteiger charge is -2.01. The molecule has 3 rings (SSSR count). The van der Waals surface area contributed by atoms with Crippen molar-refractivity contribution in [2.45, 2.75) is 0 Å². The summed E-state index contributed by atoms with van der Waals surface area (Å²) in [6.07, 6.45) is 1.56. The van der Waals surface area contributed by atoms with Crippen LogP contribution in [0, 0.1) is 0 Å².